The molecular formula is C14H20N2O. The van der Waals surface area contributed by atoms with Crippen LogP contribution in [0.4, 0.5) is 0 Å². The minimum Gasteiger partial charge on any atom is -0.343 e. The number of hydrogen-bond donors (Lipinski definition) is 1. The molecule has 1 fully saturated rings. The first kappa shape index (κ1) is 12.1. The maximum atomic E-state index is 11.7. The molecule has 2 rings (SSSR count). The average Bonchev–Trinajstić information content (AvgIpc) is 2.89. The molecule has 1 heterocycles. The molecule has 17 heavy (non-hydrogen) atoms. The van der Waals surface area contributed by atoms with Gasteiger partial charge in [0.15, 0.2) is 0 Å². The van der Waals surface area contributed by atoms with Crippen LogP contribution in [0.5, 0.6) is 0 Å². The van der Waals surface area contributed by atoms with Crippen molar-refractivity contribution in [3.05, 3.63) is 35.9 Å². The van der Waals surface area contributed by atoms with Gasteiger partial charge in [0, 0.05) is 32.6 Å². The van der Waals surface area contributed by atoms with E-state index in [0.717, 1.165) is 26.2 Å². The van der Waals surface area contributed by atoms with E-state index < -0.39 is 0 Å². The van der Waals surface area contributed by atoms with Crippen molar-refractivity contribution in [2.75, 3.05) is 19.6 Å². The lowest BCUT2D eigenvalue weighted by atomic mass is 10.2. The molecule has 1 N–H and O–H groups in total. The molecule has 1 aliphatic rings. The van der Waals surface area contributed by atoms with E-state index in [4.69, 9.17) is 0 Å². The maximum Gasteiger partial charge on any atom is 0.223 e. The average molecular weight is 232 g/mol. The van der Waals surface area contributed by atoms with Crippen LogP contribution in [0.2, 0.25) is 0 Å². The van der Waals surface area contributed by atoms with E-state index in [9.17, 15) is 4.79 Å². The summed E-state index contributed by atoms with van der Waals surface area (Å²) in [4.78, 5) is 13.7. The second-order valence-corrected chi connectivity index (χ2v) is 4.50. The molecule has 0 saturated carbocycles. The first-order valence-electron chi connectivity index (χ1n) is 6.39. The van der Waals surface area contributed by atoms with E-state index >= 15 is 0 Å². The molecule has 0 atom stereocenters. The highest BCUT2D eigenvalue weighted by molar-refractivity contribution is 5.76. The first-order valence-corrected chi connectivity index (χ1v) is 6.39. The molecule has 1 aromatic carbocycles. The van der Waals surface area contributed by atoms with Crippen LogP contribution < -0.4 is 5.32 Å². The Kier molecular flexibility index (Phi) is 4.56. The number of likely N-dealkylation sites (tertiary alicyclic amines) is 1. The van der Waals surface area contributed by atoms with E-state index in [0.29, 0.717) is 12.3 Å². The fourth-order valence-electron chi connectivity index (χ4n) is 2.15. The molecule has 1 saturated heterocycles. The van der Waals surface area contributed by atoms with Crippen molar-refractivity contribution in [2.45, 2.75) is 25.8 Å². The zero-order valence-electron chi connectivity index (χ0n) is 10.2. The summed E-state index contributed by atoms with van der Waals surface area (Å²) in [5, 5.41) is 3.31. The van der Waals surface area contributed by atoms with Gasteiger partial charge in [-0.25, -0.2) is 0 Å². The van der Waals surface area contributed by atoms with E-state index in [2.05, 4.69) is 17.4 Å². The van der Waals surface area contributed by atoms with E-state index in [1.165, 1.54) is 18.4 Å². The second-order valence-electron chi connectivity index (χ2n) is 4.50. The highest BCUT2D eigenvalue weighted by Gasteiger charge is 2.16. The van der Waals surface area contributed by atoms with Crippen LogP contribution in [0.25, 0.3) is 0 Å². The number of nitrogens with zero attached hydrogens (tertiary/aromatic N) is 1. The van der Waals surface area contributed by atoms with Gasteiger partial charge < -0.3 is 10.2 Å². The summed E-state index contributed by atoms with van der Waals surface area (Å²) in [6, 6.07) is 10.3. The molecule has 1 aromatic rings. The summed E-state index contributed by atoms with van der Waals surface area (Å²) in [5.74, 6) is 0.295. The standard InChI is InChI=1S/C14H20N2O/c17-14(16-10-4-5-11-16)8-9-15-12-13-6-2-1-3-7-13/h1-3,6-7,15H,4-5,8-12H2. The SMILES string of the molecule is O=C(CCNCc1ccccc1)N1CCCC1. The van der Waals surface area contributed by atoms with Gasteiger partial charge in [0.25, 0.3) is 0 Å². The summed E-state index contributed by atoms with van der Waals surface area (Å²) in [6.45, 7) is 3.52. The number of nitrogens with one attached hydrogen (secondary N) is 1. The van der Waals surface area contributed by atoms with Crippen molar-refractivity contribution < 1.29 is 4.79 Å². The van der Waals surface area contributed by atoms with Crippen LogP contribution >= 0.6 is 0 Å². The van der Waals surface area contributed by atoms with E-state index in [1.54, 1.807) is 0 Å². The van der Waals surface area contributed by atoms with Crippen molar-refractivity contribution in [1.82, 2.24) is 10.2 Å². The van der Waals surface area contributed by atoms with E-state index in [1.807, 2.05) is 23.1 Å². The molecule has 3 nitrogen and oxygen atoms in total. The van der Waals surface area contributed by atoms with Crippen LogP contribution in [0.15, 0.2) is 30.3 Å². The summed E-state index contributed by atoms with van der Waals surface area (Å²) in [5.41, 5.74) is 1.26. The fraction of sp³-hybridized carbons (Fsp3) is 0.500. The lowest BCUT2D eigenvalue weighted by Gasteiger charge is -2.15. The molecule has 1 amide bonds. The van der Waals surface area contributed by atoms with Gasteiger partial charge in [0.2, 0.25) is 5.91 Å². The number of rotatable bonds is 5. The summed E-state index contributed by atoms with van der Waals surface area (Å²) >= 11 is 0. The Labute approximate surface area is 103 Å². The quantitative estimate of drug-likeness (QED) is 0.785. The van der Waals surface area contributed by atoms with Crippen molar-refractivity contribution >= 4 is 5.91 Å². The Morgan fingerprint density at radius 3 is 2.59 bits per heavy atom. The van der Waals surface area contributed by atoms with Gasteiger partial charge in [0.1, 0.15) is 0 Å². The third-order valence-corrected chi connectivity index (χ3v) is 3.15. The number of hydrogen-bond acceptors (Lipinski definition) is 2. The van der Waals surface area contributed by atoms with Crippen molar-refractivity contribution in [1.29, 1.82) is 0 Å². The van der Waals surface area contributed by atoms with E-state index in [-0.39, 0.29) is 0 Å². The molecule has 1 aliphatic heterocycles. The third-order valence-electron chi connectivity index (χ3n) is 3.15. The topological polar surface area (TPSA) is 32.3 Å². The van der Waals surface area contributed by atoms with Crippen molar-refractivity contribution in [3.63, 3.8) is 0 Å². The van der Waals surface area contributed by atoms with Gasteiger partial charge in [-0.05, 0) is 18.4 Å². The zero-order valence-corrected chi connectivity index (χ0v) is 10.2. The Morgan fingerprint density at radius 1 is 1.18 bits per heavy atom. The Morgan fingerprint density at radius 2 is 1.88 bits per heavy atom. The lowest BCUT2D eigenvalue weighted by molar-refractivity contribution is -0.130. The van der Waals surface area contributed by atoms with Crippen molar-refractivity contribution in [3.8, 4) is 0 Å². The smallest absolute Gasteiger partial charge is 0.223 e. The number of carbonyl (C=O) groups is 1. The largest absolute Gasteiger partial charge is 0.343 e. The van der Waals surface area contributed by atoms with Gasteiger partial charge in [-0.2, -0.15) is 0 Å². The highest BCUT2D eigenvalue weighted by Crippen LogP contribution is 2.08. The minimum absolute atomic E-state index is 0.295. The summed E-state index contributed by atoms with van der Waals surface area (Å²) in [6.07, 6.45) is 2.96. The molecule has 0 aliphatic carbocycles. The predicted molar refractivity (Wildman–Crippen MR) is 68.6 cm³/mol. The number of benzene rings is 1. The first-order chi connectivity index (χ1) is 8.36. The van der Waals surface area contributed by atoms with Crippen LogP contribution in [0, 0.1) is 0 Å². The van der Waals surface area contributed by atoms with Crippen LogP contribution in [-0.2, 0) is 11.3 Å². The molecule has 0 spiro atoms. The van der Waals surface area contributed by atoms with Crippen molar-refractivity contribution in [2.24, 2.45) is 0 Å². The summed E-state index contributed by atoms with van der Waals surface area (Å²) in [7, 11) is 0. The predicted octanol–water partition coefficient (Wildman–Crippen LogP) is 1.79. The minimum atomic E-state index is 0.295. The van der Waals surface area contributed by atoms with Gasteiger partial charge in [-0.3, -0.25) is 4.79 Å². The van der Waals surface area contributed by atoms with Gasteiger partial charge in [0.05, 0.1) is 0 Å². The lowest BCUT2D eigenvalue weighted by Crippen LogP contribution is -2.30. The normalized spacial score (nSPS) is 15.2. The Balaban J connectivity index is 1.61. The van der Waals surface area contributed by atoms with Gasteiger partial charge in [-0.15, -0.1) is 0 Å². The zero-order chi connectivity index (χ0) is 11.9. The molecular weight excluding hydrogens is 212 g/mol. The molecule has 92 valence electrons. The second kappa shape index (κ2) is 6.40. The maximum absolute atomic E-state index is 11.7. The molecule has 3 heteroatoms. The number of amides is 1. The third kappa shape index (κ3) is 3.86. The highest BCUT2D eigenvalue weighted by atomic mass is 16.2. The Hall–Kier alpha value is -1.35. The van der Waals surface area contributed by atoms with Gasteiger partial charge >= 0.3 is 0 Å². The van der Waals surface area contributed by atoms with Crippen LogP contribution in [-0.4, -0.2) is 30.4 Å². The molecule has 0 bridgehead atoms. The van der Waals surface area contributed by atoms with Crippen LogP contribution in [0.3, 0.4) is 0 Å². The fourth-order valence-corrected chi connectivity index (χ4v) is 2.15. The molecule has 0 unspecified atom stereocenters. The van der Waals surface area contributed by atoms with Crippen LogP contribution in [0.1, 0.15) is 24.8 Å². The monoisotopic (exact) mass is 232 g/mol. The molecule has 0 radical (unpaired) electrons. The van der Waals surface area contributed by atoms with Gasteiger partial charge in [-0.1, -0.05) is 30.3 Å². The number of carbonyl (C=O) groups excluding carboxylic acids is 1. The molecule has 0 aromatic heterocycles. The Bertz CT molecular complexity index is 344. The summed E-state index contributed by atoms with van der Waals surface area (Å²) < 4.78 is 0.